The van der Waals surface area contributed by atoms with Crippen molar-refractivity contribution >= 4 is 11.4 Å². The monoisotopic (exact) mass is 301 g/mol. The van der Waals surface area contributed by atoms with Crippen molar-refractivity contribution in [2.75, 3.05) is 38.2 Å². The van der Waals surface area contributed by atoms with Gasteiger partial charge in [-0.25, -0.2) is 0 Å². The van der Waals surface area contributed by atoms with E-state index in [4.69, 9.17) is 10.3 Å². The zero-order valence-corrected chi connectivity index (χ0v) is 13.1. The van der Waals surface area contributed by atoms with Gasteiger partial charge in [0.2, 0.25) is 0 Å². The van der Waals surface area contributed by atoms with Crippen molar-refractivity contribution in [1.29, 1.82) is 0 Å². The average Bonchev–Trinajstić information content (AvgIpc) is 2.57. The molecule has 0 atom stereocenters. The van der Waals surface area contributed by atoms with Gasteiger partial charge in [-0.2, -0.15) is 0 Å². The third-order valence-electron chi connectivity index (χ3n) is 5.17. The Morgan fingerprint density at radius 2 is 1.95 bits per heavy atom. The topological polar surface area (TPSA) is 73.3 Å². The summed E-state index contributed by atoms with van der Waals surface area (Å²) in [5.74, 6) is 0.637. The van der Waals surface area contributed by atoms with E-state index in [0.717, 1.165) is 31.9 Å². The zero-order chi connectivity index (χ0) is 15.4. The summed E-state index contributed by atoms with van der Waals surface area (Å²) in [6.07, 6.45) is 5.13. The van der Waals surface area contributed by atoms with Crippen LogP contribution in [0.5, 0.6) is 5.75 Å². The first-order chi connectivity index (χ1) is 10.8. The maximum Gasteiger partial charge on any atom is 0.130 e. The van der Waals surface area contributed by atoms with Crippen LogP contribution in [0.15, 0.2) is 23.3 Å². The second-order valence-corrected chi connectivity index (χ2v) is 6.28. The van der Waals surface area contributed by atoms with Gasteiger partial charge in [0, 0.05) is 29.8 Å². The number of methoxy groups -OCH3 is 1. The van der Waals surface area contributed by atoms with Crippen LogP contribution in [0.3, 0.4) is 0 Å². The van der Waals surface area contributed by atoms with Gasteiger partial charge in [-0.3, -0.25) is 0 Å². The SMILES string of the molecule is COc1cc(N2CCC3(CCNCC3)CC2)ccc1N=[N+]=[N-]. The molecule has 6 heteroatoms. The van der Waals surface area contributed by atoms with E-state index in [0.29, 0.717) is 16.9 Å². The molecule has 0 aliphatic carbocycles. The van der Waals surface area contributed by atoms with Gasteiger partial charge in [0.1, 0.15) is 5.75 Å². The maximum absolute atomic E-state index is 8.59. The van der Waals surface area contributed by atoms with E-state index >= 15 is 0 Å². The molecule has 2 aliphatic rings. The van der Waals surface area contributed by atoms with E-state index in [9.17, 15) is 0 Å². The molecule has 1 N–H and O–H groups in total. The van der Waals surface area contributed by atoms with E-state index in [1.807, 2.05) is 18.2 Å². The predicted molar refractivity (Wildman–Crippen MR) is 87.8 cm³/mol. The molecule has 22 heavy (non-hydrogen) atoms. The summed E-state index contributed by atoms with van der Waals surface area (Å²) in [5.41, 5.74) is 10.8. The lowest BCUT2D eigenvalue weighted by Crippen LogP contribution is -2.45. The number of rotatable bonds is 3. The average molecular weight is 301 g/mol. The highest BCUT2D eigenvalue weighted by molar-refractivity contribution is 5.62. The third kappa shape index (κ3) is 2.98. The van der Waals surface area contributed by atoms with Crippen molar-refractivity contribution in [1.82, 2.24) is 5.32 Å². The fourth-order valence-electron chi connectivity index (χ4n) is 3.69. The van der Waals surface area contributed by atoms with Crippen LogP contribution in [-0.4, -0.2) is 33.3 Å². The summed E-state index contributed by atoms with van der Waals surface area (Å²) >= 11 is 0. The highest BCUT2D eigenvalue weighted by Gasteiger charge is 2.35. The van der Waals surface area contributed by atoms with Crippen LogP contribution in [-0.2, 0) is 0 Å². The Morgan fingerprint density at radius 3 is 2.59 bits per heavy atom. The van der Waals surface area contributed by atoms with E-state index in [-0.39, 0.29) is 0 Å². The zero-order valence-electron chi connectivity index (χ0n) is 13.1. The Morgan fingerprint density at radius 1 is 1.23 bits per heavy atom. The maximum atomic E-state index is 8.59. The van der Waals surface area contributed by atoms with E-state index in [1.165, 1.54) is 25.7 Å². The van der Waals surface area contributed by atoms with Crippen LogP contribution in [0.4, 0.5) is 11.4 Å². The summed E-state index contributed by atoms with van der Waals surface area (Å²) in [5, 5.41) is 7.12. The van der Waals surface area contributed by atoms with E-state index in [2.05, 4.69) is 20.2 Å². The number of ether oxygens (including phenoxy) is 1. The van der Waals surface area contributed by atoms with Crippen molar-refractivity contribution in [3.8, 4) is 5.75 Å². The van der Waals surface area contributed by atoms with Crippen LogP contribution >= 0.6 is 0 Å². The minimum Gasteiger partial charge on any atom is -0.496 e. The first kappa shape index (κ1) is 15.0. The molecule has 6 nitrogen and oxygen atoms in total. The van der Waals surface area contributed by atoms with E-state index < -0.39 is 0 Å². The standard InChI is InChI=1S/C16H23N5O/c1-22-15-12-13(2-3-14(15)19-20-17)21-10-6-16(7-11-21)4-8-18-9-5-16/h2-3,12,18H,4-11H2,1H3. The molecule has 2 saturated heterocycles. The Balaban J connectivity index is 1.72. The van der Waals surface area contributed by atoms with Gasteiger partial charge in [-0.15, -0.1) is 0 Å². The first-order valence-electron chi connectivity index (χ1n) is 7.95. The molecular formula is C16H23N5O. The van der Waals surface area contributed by atoms with Crippen LogP contribution < -0.4 is 15.0 Å². The molecule has 118 valence electrons. The Bertz CT molecular complexity index is 566. The van der Waals surface area contributed by atoms with Crippen LogP contribution in [0.1, 0.15) is 25.7 Å². The Hall–Kier alpha value is -1.91. The molecule has 0 aromatic heterocycles. The third-order valence-corrected chi connectivity index (χ3v) is 5.17. The molecule has 1 spiro atoms. The molecule has 3 rings (SSSR count). The molecule has 1 aromatic carbocycles. The number of nitrogens with zero attached hydrogens (tertiary/aromatic N) is 4. The van der Waals surface area contributed by atoms with Crippen LogP contribution in [0.25, 0.3) is 10.4 Å². The van der Waals surface area contributed by atoms with Gasteiger partial charge >= 0.3 is 0 Å². The van der Waals surface area contributed by atoms with Gasteiger partial charge in [0.25, 0.3) is 0 Å². The quantitative estimate of drug-likeness (QED) is 0.526. The lowest BCUT2D eigenvalue weighted by atomic mass is 9.71. The molecule has 0 unspecified atom stereocenters. The van der Waals surface area contributed by atoms with Crippen molar-refractivity contribution in [3.63, 3.8) is 0 Å². The number of hydrogen-bond acceptors (Lipinski definition) is 4. The van der Waals surface area contributed by atoms with Crippen molar-refractivity contribution < 1.29 is 4.74 Å². The fourth-order valence-corrected chi connectivity index (χ4v) is 3.69. The smallest absolute Gasteiger partial charge is 0.130 e. The minimum absolute atomic E-state index is 0.542. The number of anilines is 1. The molecule has 0 saturated carbocycles. The highest BCUT2D eigenvalue weighted by atomic mass is 16.5. The largest absolute Gasteiger partial charge is 0.496 e. The van der Waals surface area contributed by atoms with Gasteiger partial charge in [-0.05, 0) is 61.9 Å². The number of nitrogens with one attached hydrogen (secondary N) is 1. The van der Waals surface area contributed by atoms with Gasteiger partial charge < -0.3 is 15.0 Å². The lowest BCUT2D eigenvalue weighted by Gasteiger charge is -2.45. The fraction of sp³-hybridized carbons (Fsp3) is 0.625. The normalized spacial score (nSPS) is 20.5. The Labute approximate surface area is 131 Å². The first-order valence-corrected chi connectivity index (χ1v) is 7.95. The summed E-state index contributed by atoms with van der Waals surface area (Å²) < 4.78 is 5.34. The minimum atomic E-state index is 0.542. The second kappa shape index (κ2) is 6.46. The van der Waals surface area contributed by atoms with Crippen molar-refractivity contribution in [3.05, 3.63) is 28.6 Å². The molecule has 0 radical (unpaired) electrons. The van der Waals surface area contributed by atoms with Crippen LogP contribution in [0.2, 0.25) is 0 Å². The van der Waals surface area contributed by atoms with Crippen LogP contribution in [0, 0.1) is 5.41 Å². The van der Waals surface area contributed by atoms with Gasteiger partial charge in [0.15, 0.2) is 0 Å². The molecule has 1 aromatic rings. The molecule has 2 aliphatic heterocycles. The summed E-state index contributed by atoms with van der Waals surface area (Å²) in [6.45, 7) is 4.50. The summed E-state index contributed by atoms with van der Waals surface area (Å²) in [6, 6.07) is 5.83. The second-order valence-electron chi connectivity index (χ2n) is 6.28. The van der Waals surface area contributed by atoms with Crippen molar-refractivity contribution in [2.24, 2.45) is 10.5 Å². The summed E-state index contributed by atoms with van der Waals surface area (Å²) in [4.78, 5) is 5.25. The van der Waals surface area contributed by atoms with Crippen molar-refractivity contribution in [2.45, 2.75) is 25.7 Å². The molecule has 0 bridgehead atoms. The summed E-state index contributed by atoms with van der Waals surface area (Å²) in [7, 11) is 1.61. The number of hydrogen-bond donors (Lipinski definition) is 1. The lowest BCUT2D eigenvalue weighted by molar-refractivity contribution is 0.155. The molecule has 2 heterocycles. The molecule has 2 fully saturated rings. The van der Waals surface area contributed by atoms with Gasteiger partial charge in [-0.1, -0.05) is 5.11 Å². The molecule has 0 amide bonds. The number of azide groups is 1. The Kier molecular flexibility index (Phi) is 4.41. The molecular weight excluding hydrogens is 278 g/mol. The highest BCUT2D eigenvalue weighted by Crippen LogP contribution is 2.41. The van der Waals surface area contributed by atoms with E-state index in [1.54, 1.807) is 7.11 Å². The van der Waals surface area contributed by atoms with Gasteiger partial charge in [0.05, 0.1) is 12.8 Å². The predicted octanol–water partition coefficient (Wildman–Crippen LogP) is 3.61. The number of benzene rings is 1. The number of piperidine rings is 2.